The molecule has 1 aliphatic carbocycles. The predicted octanol–water partition coefficient (Wildman–Crippen LogP) is 2.42. The number of benzene rings is 1. The smallest absolute Gasteiger partial charge is 0.161 e. The van der Waals surface area contributed by atoms with Crippen molar-refractivity contribution < 1.29 is 24.1 Å². The molecular formula is C15H19BrO5. The zero-order valence-corrected chi connectivity index (χ0v) is 14.1. The lowest BCUT2D eigenvalue weighted by Gasteiger charge is -2.37. The van der Waals surface area contributed by atoms with Gasteiger partial charge in [-0.2, -0.15) is 0 Å². The highest BCUT2D eigenvalue weighted by Gasteiger charge is 2.44. The fourth-order valence-corrected chi connectivity index (χ4v) is 3.44. The Labute approximate surface area is 132 Å². The van der Waals surface area contributed by atoms with Crippen LogP contribution in [0.4, 0.5) is 0 Å². The largest absolute Gasteiger partial charge is 0.496 e. The molecular weight excluding hydrogens is 340 g/mol. The first-order chi connectivity index (χ1) is 9.87. The molecule has 2 rings (SSSR count). The van der Waals surface area contributed by atoms with Crippen LogP contribution in [0.5, 0.6) is 11.5 Å². The van der Waals surface area contributed by atoms with Crippen LogP contribution in [0.25, 0.3) is 0 Å². The predicted molar refractivity (Wildman–Crippen MR) is 80.9 cm³/mol. The average Bonchev–Trinajstić information content (AvgIpc) is 2.45. The maximum atomic E-state index is 11.8. The summed E-state index contributed by atoms with van der Waals surface area (Å²) >= 11 is 3.43. The second-order valence-corrected chi connectivity index (χ2v) is 6.03. The Kier molecular flexibility index (Phi) is 4.60. The first-order valence-corrected chi connectivity index (χ1v) is 7.36. The summed E-state index contributed by atoms with van der Waals surface area (Å²) in [6.07, 6.45) is -0.0525. The molecule has 5 nitrogen and oxygen atoms in total. The monoisotopic (exact) mass is 358 g/mol. The summed E-state index contributed by atoms with van der Waals surface area (Å²) in [5, 5.41) is 10.6. The number of hydrogen-bond donors (Lipinski definition) is 1. The van der Waals surface area contributed by atoms with Gasteiger partial charge in [-0.3, -0.25) is 4.79 Å². The summed E-state index contributed by atoms with van der Waals surface area (Å²) in [4.78, 5) is 11.8. The minimum absolute atomic E-state index is 0.177. The van der Waals surface area contributed by atoms with Gasteiger partial charge in [0.05, 0.1) is 24.8 Å². The van der Waals surface area contributed by atoms with Gasteiger partial charge >= 0.3 is 0 Å². The Morgan fingerprint density at radius 3 is 2.52 bits per heavy atom. The van der Waals surface area contributed by atoms with Crippen LogP contribution in [-0.2, 0) is 16.0 Å². The van der Waals surface area contributed by atoms with Crippen molar-refractivity contribution in [2.75, 3.05) is 21.3 Å². The number of carbonyl (C=O) groups excluding carboxylic acids is 1. The number of ketones is 1. The second kappa shape index (κ2) is 5.94. The zero-order valence-electron chi connectivity index (χ0n) is 12.5. The highest BCUT2D eigenvalue weighted by molar-refractivity contribution is 9.10. The zero-order chi connectivity index (χ0) is 15.8. The third-order valence-corrected chi connectivity index (χ3v) is 4.61. The van der Waals surface area contributed by atoms with E-state index in [4.69, 9.17) is 14.2 Å². The number of rotatable bonds is 4. The lowest BCUT2D eigenvalue weighted by Crippen LogP contribution is -2.44. The van der Waals surface area contributed by atoms with E-state index < -0.39 is 11.7 Å². The molecule has 0 aromatic heterocycles. The van der Waals surface area contributed by atoms with Crippen LogP contribution in [-0.4, -0.2) is 37.8 Å². The highest BCUT2D eigenvalue weighted by atomic mass is 79.9. The molecule has 1 aromatic carbocycles. The Balaban J connectivity index is 2.70. The van der Waals surface area contributed by atoms with Crippen molar-refractivity contribution in [2.24, 2.45) is 0 Å². The quantitative estimate of drug-likeness (QED) is 0.895. The van der Waals surface area contributed by atoms with Gasteiger partial charge < -0.3 is 19.3 Å². The summed E-state index contributed by atoms with van der Waals surface area (Å²) in [5.74, 6) is 0.957. The van der Waals surface area contributed by atoms with Crippen LogP contribution in [0, 0.1) is 0 Å². The molecule has 116 valence electrons. The van der Waals surface area contributed by atoms with Gasteiger partial charge in [0, 0.05) is 31.1 Å². The number of halogens is 1. The molecule has 1 N–H and O–H groups in total. The van der Waals surface area contributed by atoms with E-state index in [1.807, 2.05) is 6.07 Å². The third kappa shape index (κ3) is 2.67. The van der Waals surface area contributed by atoms with Crippen LogP contribution >= 0.6 is 15.9 Å². The van der Waals surface area contributed by atoms with Crippen molar-refractivity contribution >= 4 is 21.7 Å². The molecule has 1 aromatic rings. The molecule has 6 heteroatoms. The molecule has 0 amide bonds. The lowest BCUT2D eigenvalue weighted by molar-refractivity contribution is -0.140. The van der Waals surface area contributed by atoms with Crippen molar-refractivity contribution in [3.05, 3.63) is 21.7 Å². The second-order valence-electron chi connectivity index (χ2n) is 5.18. The molecule has 0 saturated carbocycles. The molecule has 0 heterocycles. The van der Waals surface area contributed by atoms with Gasteiger partial charge in [-0.05, 0) is 28.9 Å². The summed E-state index contributed by atoms with van der Waals surface area (Å²) in [5.41, 5.74) is 0.109. The van der Waals surface area contributed by atoms with E-state index in [1.165, 1.54) is 6.92 Å². The molecule has 1 aliphatic rings. The van der Waals surface area contributed by atoms with Crippen LogP contribution in [0.2, 0.25) is 0 Å². The van der Waals surface area contributed by atoms with Crippen molar-refractivity contribution in [3.8, 4) is 11.5 Å². The Bertz CT molecular complexity index is 572. The van der Waals surface area contributed by atoms with E-state index in [2.05, 4.69) is 15.9 Å². The van der Waals surface area contributed by atoms with E-state index in [-0.39, 0.29) is 18.6 Å². The molecule has 0 saturated heterocycles. The number of methoxy groups -OCH3 is 3. The molecule has 0 fully saturated rings. The molecule has 0 spiro atoms. The SMILES string of the molecule is COc1cc(Br)c(OC)c2c1[C@@H](OC)C[C@](O)(C(C)=O)C2. The van der Waals surface area contributed by atoms with E-state index in [0.29, 0.717) is 16.0 Å². The number of hydrogen-bond acceptors (Lipinski definition) is 5. The first kappa shape index (κ1) is 16.3. The Hall–Kier alpha value is -1.11. The highest BCUT2D eigenvalue weighted by Crippen LogP contribution is 2.48. The standard InChI is InChI=1S/C15H19BrO5/c1-8(17)15(18)6-9-13(12(7-15)20-3)11(19-2)5-10(16)14(9)21-4/h5,12,18H,6-7H2,1-4H3/t12-,15-/m0/s1. The van der Waals surface area contributed by atoms with Crippen LogP contribution in [0.1, 0.15) is 30.6 Å². The number of ether oxygens (including phenoxy) is 3. The molecule has 2 atom stereocenters. The van der Waals surface area contributed by atoms with Crippen molar-refractivity contribution in [1.29, 1.82) is 0 Å². The van der Waals surface area contributed by atoms with Gasteiger partial charge in [-0.1, -0.05) is 0 Å². The van der Waals surface area contributed by atoms with Crippen LogP contribution in [0.3, 0.4) is 0 Å². The molecule has 0 radical (unpaired) electrons. The molecule has 21 heavy (non-hydrogen) atoms. The van der Waals surface area contributed by atoms with E-state index in [1.54, 1.807) is 21.3 Å². The fourth-order valence-electron chi connectivity index (χ4n) is 2.83. The number of aliphatic hydroxyl groups is 1. The normalized spacial score (nSPS) is 24.4. The van der Waals surface area contributed by atoms with Crippen LogP contribution in [0.15, 0.2) is 10.5 Å². The summed E-state index contributed by atoms with van der Waals surface area (Å²) in [6, 6.07) is 1.81. The average molecular weight is 359 g/mol. The van der Waals surface area contributed by atoms with Crippen molar-refractivity contribution in [3.63, 3.8) is 0 Å². The third-order valence-electron chi connectivity index (χ3n) is 4.02. The first-order valence-electron chi connectivity index (χ1n) is 6.57. The van der Waals surface area contributed by atoms with Gasteiger partial charge in [0.2, 0.25) is 0 Å². The summed E-state index contributed by atoms with van der Waals surface area (Å²) in [7, 11) is 4.68. The Morgan fingerprint density at radius 1 is 1.38 bits per heavy atom. The topological polar surface area (TPSA) is 65.0 Å². The number of fused-ring (bicyclic) bond motifs is 1. The van der Waals surface area contributed by atoms with Gasteiger partial charge in [-0.25, -0.2) is 0 Å². The summed E-state index contributed by atoms with van der Waals surface area (Å²) < 4.78 is 17.0. The maximum absolute atomic E-state index is 11.8. The van der Waals surface area contributed by atoms with Crippen LogP contribution < -0.4 is 9.47 Å². The number of Topliss-reactive ketones (excluding diaryl/α,β-unsaturated/α-hetero) is 1. The maximum Gasteiger partial charge on any atom is 0.161 e. The van der Waals surface area contributed by atoms with E-state index in [0.717, 1.165) is 11.1 Å². The van der Waals surface area contributed by atoms with E-state index >= 15 is 0 Å². The molecule has 0 bridgehead atoms. The molecule has 0 unspecified atom stereocenters. The van der Waals surface area contributed by atoms with E-state index in [9.17, 15) is 9.90 Å². The summed E-state index contributed by atoms with van der Waals surface area (Å²) in [6.45, 7) is 1.39. The van der Waals surface area contributed by atoms with Gasteiger partial charge in [-0.15, -0.1) is 0 Å². The van der Waals surface area contributed by atoms with Gasteiger partial charge in [0.25, 0.3) is 0 Å². The fraction of sp³-hybridized carbons (Fsp3) is 0.533. The van der Waals surface area contributed by atoms with Gasteiger partial charge in [0.15, 0.2) is 5.78 Å². The molecule has 0 aliphatic heterocycles. The number of carbonyl (C=O) groups is 1. The minimum Gasteiger partial charge on any atom is -0.496 e. The Morgan fingerprint density at radius 2 is 2.05 bits per heavy atom. The van der Waals surface area contributed by atoms with Gasteiger partial charge in [0.1, 0.15) is 17.1 Å². The van der Waals surface area contributed by atoms with Crippen molar-refractivity contribution in [1.82, 2.24) is 0 Å². The van der Waals surface area contributed by atoms with Crippen molar-refractivity contribution in [2.45, 2.75) is 31.5 Å². The lowest BCUT2D eigenvalue weighted by atomic mass is 9.76. The minimum atomic E-state index is -1.45.